The highest BCUT2D eigenvalue weighted by atomic mass is 32.2. The summed E-state index contributed by atoms with van der Waals surface area (Å²) in [5.41, 5.74) is 13.0. The van der Waals surface area contributed by atoms with E-state index in [4.69, 9.17) is 4.18 Å². The Balaban J connectivity index is 1.55. The molecule has 4 fully saturated rings. The summed E-state index contributed by atoms with van der Waals surface area (Å²) in [6.45, 7) is 10.2. The lowest BCUT2D eigenvalue weighted by atomic mass is 9.70. The van der Waals surface area contributed by atoms with E-state index in [1.807, 2.05) is 0 Å². The first-order valence-electron chi connectivity index (χ1n) is 17.3. The summed E-state index contributed by atoms with van der Waals surface area (Å²) < 4.78 is 6.77. The van der Waals surface area contributed by atoms with Crippen LogP contribution in [0.3, 0.4) is 0 Å². The predicted octanol–water partition coefficient (Wildman–Crippen LogP) is 11.9. The maximum atomic E-state index is 6.77. The molecule has 5 aliphatic carbocycles. The van der Waals surface area contributed by atoms with Crippen molar-refractivity contribution in [1.82, 2.24) is 0 Å². The van der Waals surface area contributed by atoms with Gasteiger partial charge in [-0.05, 0) is 119 Å². The average Bonchev–Trinajstić information content (AvgIpc) is 3.35. The minimum absolute atomic E-state index is 0.186. The molecule has 2 heteroatoms. The molecular formula is C40H53OS. The summed E-state index contributed by atoms with van der Waals surface area (Å²) in [6, 6.07) is 10.6. The van der Waals surface area contributed by atoms with Crippen LogP contribution >= 0.6 is 12.0 Å². The average molecular weight is 582 g/mol. The highest BCUT2D eigenvalue weighted by Crippen LogP contribution is 2.56. The van der Waals surface area contributed by atoms with Crippen molar-refractivity contribution in [3.05, 3.63) is 64.6 Å². The van der Waals surface area contributed by atoms with E-state index in [-0.39, 0.29) is 21.7 Å². The van der Waals surface area contributed by atoms with Crippen LogP contribution in [0.1, 0.15) is 158 Å². The summed E-state index contributed by atoms with van der Waals surface area (Å²) >= 11 is 1.54. The Morgan fingerprint density at radius 2 is 0.952 bits per heavy atom. The molecular weight excluding hydrogens is 529 g/mol. The van der Waals surface area contributed by atoms with E-state index in [1.165, 1.54) is 143 Å². The third-order valence-corrected chi connectivity index (χ3v) is 13.2. The van der Waals surface area contributed by atoms with Crippen LogP contribution in [-0.2, 0) is 21.7 Å². The Kier molecular flexibility index (Phi) is 7.44. The third-order valence-electron chi connectivity index (χ3n) is 12.8. The van der Waals surface area contributed by atoms with Crippen LogP contribution in [0.4, 0.5) is 0 Å². The van der Waals surface area contributed by atoms with Gasteiger partial charge in [0.15, 0.2) is 0 Å². The molecule has 2 aromatic carbocycles. The monoisotopic (exact) mass is 581 g/mol. The fourth-order valence-electron chi connectivity index (χ4n) is 9.73. The van der Waals surface area contributed by atoms with E-state index in [0.717, 1.165) is 5.75 Å². The number of hydrogen-bond acceptors (Lipinski definition) is 2. The molecule has 4 saturated carbocycles. The maximum absolute atomic E-state index is 6.77. The summed E-state index contributed by atoms with van der Waals surface area (Å²) in [4.78, 5) is 0. The molecule has 225 valence electrons. The van der Waals surface area contributed by atoms with Crippen molar-refractivity contribution in [3.8, 4) is 16.9 Å². The van der Waals surface area contributed by atoms with E-state index in [0.29, 0.717) is 0 Å². The molecule has 1 nitrogen and oxygen atoms in total. The second-order valence-electron chi connectivity index (χ2n) is 16.0. The molecule has 0 heterocycles. The molecule has 7 rings (SSSR count). The zero-order valence-corrected chi connectivity index (χ0v) is 27.9. The first-order chi connectivity index (χ1) is 20.2. The van der Waals surface area contributed by atoms with Gasteiger partial charge in [-0.25, -0.2) is 0 Å². The van der Waals surface area contributed by atoms with Gasteiger partial charge in [-0.2, -0.15) is 0 Å². The summed E-state index contributed by atoms with van der Waals surface area (Å²) in [5, 5.41) is 0. The van der Waals surface area contributed by atoms with Gasteiger partial charge in [-0.1, -0.05) is 97.3 Å². The summed E-state index contributed by atoms with van der Waals surface area (Å²) in [7, 11) is 0. The molecule has 1 radical (unpaired) electrons. The lowest BCUT2D eigenvalue weighted by Crippen LogP contribution is -2.24. The molecule has 0 aliphatic heterocycles. The Morgan fingerprint density at radius 1 is 0.548 bits per heavy atom. The molecule has 0 spiro atoms. The predicted molar refractivity (Wildman–Crippen MR) is 182 cm³/mol. The van der Waals surface area contributed by atoms with Gasteiger partial charge in [0.2, 0.25) is 0 Å². The van der Waals surface area contributed by atoms with Crippen LogP contribution in [0, 0.1) is 6.42 Å². The molecule has 0 unspecified atom stereocenters. The first-order valence-corrected chi connectivity index (χ1v) is 18.5. The second kappa shape index (κ2) is 10.7. The largest absolute Gasteiger partial charge is 0.425 e. The molecule has 2 aromatic rings. The van der Waals surface area contributed by atoms with Crippen LogP contribution < -0.4 is 4.18 Å². The van der Waals surface area contributed by atoms with Gasteiger partial charge in [0.05, 0.1) is 12.0 Å². The standard InChI is InChI=1S/C40H53OS/c1-37(16-6-7-17-37)29-24-31(35(28-14-15-28)33(26-29)39(3)20-10-11-21-39)32-25-30(38(2)18-8-9-19-38)27-34(36(32)41-42-5)40(4)22-12-13-23-40/h14-15,24-27H,6-13,16-23H2,1-5H3. The number of rotatable bonds is 8. The molecule has 0 N–H and O–H groups in total. The quantitative estimate of drug-likeness (QED) is 0.287. The van der Waals surface area contributed by atoms with Crippen molar-refractivity contribution >= 4 is 17.6 Å². The van der Waals surface area contributed by atoms with Crippen molar-refractivity contribution in [2.75, 3.05) is 6.26 Å². The first kappa shape index (κ1) is 29.1. The zero-order valence-electron chi connectivity index (χ0n) is 27.1. The van der Waals surface area contributed by atoms with Crippen LogP contribution in [-0.4, -0.2) is 6.26 Å². The zero-order chi connectivity index (χ0) is 29.2. The fraction of sp³-hybridized carbons (Fsp3) is 0.625. The topological polar surface area (TPSA) is 9.23 Å². The van der Waals surface area contributed by atoms with Crippen molar-refractivity contribution in [2.24, 2.45) is 0 Å². The van der Waals surface area contributed by atoms with Crippen LogP contribution in [0.15, 0.2) is 30.3 Å². The van der Waals surface area contributed by atoms with Gasteiger partial charge in [-0.15, -0.1) is 0 Å². The summed E-state index contributed by atoms with van der Waals surface area (Å²) in [5.74, 6) is 1.16. The molecule has 0 atom stereocenters. The van der Waals surface area contributed by atoms with Gasteiger partial charge in [0.1, 0.15) is 5.75 Å². The van der Waals surface area contributed by atoms with E-state index < -0.39 is 0 Å². The van der Waals surface area contributed by atoms with Gasteiger partial charge in [0.25, 0.3) is 0 Å². The number of benzene rings is 2. The van der Waals surface area contributed by atoms with E-state index in [1.54, 1.807) is 16.7 Å². The molecule has 0 aromatic heterocycles. The van der Waals surface area contributed by atoms with Crippen molar-refractivity contribution in [1.29, 1.82) is 0 Å². The number of allylic oxidation sites excluding steroid dienone is 2. The smallest absolute Gasteiger partial charge is 0.148 e. The van der Waals surface area contributed by atoms with Crippen molar-refractivity contribution in [2.45, 2.75) is 152 Å². The van der Waals surface area contributed by atoms with Gasteiger partial charge in [0, 0.05) is 23.8 Å². The molecule has 0 amide bonds. The highest BCUT2D eigenvalue weighted by Gasteiger charge is 2.42. The molecule has 0 bridgehead atoms. The normalized spacial score (nSPS) is 25.1. The van der Waals surface area contributed by atoms with E-state index >= 15 is 0 Å². The SMILES string of the molecule is CSOc1c(-c2cc(C3(C)CCCC3)cc(C3(C)CCCC3)c2C2=C[CH]2)cc(C2(C)CCCC2)cc1C1(C)CCCC1. The second-order valence-corrected chi connectivity index (χ2v) is 16.5. The lowest BCUT2D eigenvalue weighted by Gasteiger charge is -2.35. The van der Waals surface area contributed by atoms with Crippen molar-refractivity contribution in [3.63, 3.8) is 0 Å². The highest BCUT2D eigenvalue weighted by molar-refractivity contribution is 7.94. The van der Waals surface area contributed by atoms with Crippen LogP contribution in [0.25, 0.3) is 16.7 Å². The Morgan fingerprint density at radius 3 is 1.40 bits per heavy atom. The Hall–Kier alpha value is -1.67. The van der Waals surface area contributed by atoms with Gasteiger partial charge >= 0.3 is 0 Å². The minimum atomic E-state index is 0.186. The Labute approximate surface area is 260 Å². The molecule has 42 heavy (non-hydrogen) atoms. The van der Waals surface area contributed by atoms with E-state index in [9.17, 15) is 0 Å². The van der Waals surface area contributed by atoms with Gasteiger partial charge < -0.3 is 4.18 Å². The molecule has 0 saturated heterocycles. The third kappa shape index (κ3) is 4.91. The minimum Gasteiger partial charge on any atom is -0.425 e. The lowest BCUT2D eigenvalue weighted by molar-refractivity contribution is 0.461. The molecule has 5 aliphatic rings. The van der Waals surface area contributed by atoms with Crippen molar-refractivity contribution < 1.29 is 4.18 Å². The van der Waals surface area contributed by atoms with Gasteiger partial charge in [-0.3, -0.25) is 0 Å². The van der Waals surface area contributed by atoms with Crippen LogP contribution in [0.2, 0.25) is 0 Å². The summed E-state index contributed by atoms with van der Waals surface area (Å²) in [6.07, 6.45) is 28.0. The maximum Gasteiger partial charge on any atom is 0.148 e. The Bertz CT molecular complexity index is 1370. The fourth-order valence-corrected chi connectivity index (χ4v) is 10.1. The van der Waals surface area contributed by atoms with Crippen LogP contribution in [0.5, 0.6) is 5.75 Å². The number of hydrogen-bond donors (Lipinski definition) is 0. The van der Waals surface area contributed by atoms with E-state index in [2.05, 4.69) is 70.7 Å².